The van der Waals surface area contributed by atoms with E-state index in [1.165, 1.54) is 0 Å². The van der Waals surface area contributed by atoms with Crippen molar-refractivity contribution in [1.29, 1.82) is 0 Å². The predicted molar refractivity (Wildman–Crippen MR) is 97.0 cm³/mol. The van der Waals surface area contributed by atoms with E-state index in [4.69, 9.17) is 11.6 Å². The highest BCUT2D eigenvalue weighted by atomic mass is 35.5. The molecule has 0 aromatic heterocycles. The SMILES string of the molecule is CC(C)(C)CC(=O)N1CCCN(C(=O)Cc2cccc(Cl)c2)CC1. The van der Waals surface area contributed by atoms with Crippen molar-refractivity contribution in [3.8, 4) is 0 Å². The molecule has 1 heterocycles. The summed E-state index contributed by atoms with van der Waals surface area (Å²) in [6.45, 7) is 8.89. The molecule has 0 atom stereocenters. The quantitative estimate of drug-likeness (QED) is 0.838. The standard InChI is InChI=1S/C19H27ClN2O2/c1-19(2,3)14-18(24)22-9-5-8-21(10-11-22)17(23)13-15-6-4-7-16(20)12-15/h4,6-7,12H,5,8-11,13-14H2,1-3H3. The highest BCUT2D eigenvalue weighted by Gasteiger charge is 2.25. The topological polar surface area (TPSA) is 40.6 Å². The molecule has 1 aromatic carbocycles. The summed E-state index contributed by atoms with van der Waals surface area (Å²) in [5.74, 6) is 0.286. The fourth-order valence-corrected chi connectivity index (χ4v) is 3.13. The minimum atomic E-state index is -0.00846. The second-order valence-electron chi connectivity index (χ2n) is 7.66. The van der Waals surface area contributed by atoms with Gasteiger partial charge in [0.15, 0.2) is 0 Å². The molecule has 5 heteroatoms. The smallest absolute Gasteiger partial charge is 0.227 e. The van der Waals surface area contributed by atoms with Crippen LogP contribution in [0.25, 0.3) is 0 Å². The van der Waals surface area contributed by atoms with E-state index in [-0.39, 0.29) is 17.2 Å². The van der Waals surface area contributed by atoms with Gasteiger partial charge in [-0.3, -0.25) is 9.59 Å². The highest BCUT2D eigenvalue weighted by molar-refractivity contribution is 6.30. The fourth-order valence-electron chi connectivity index (χ4n) is 2.92. The first-order chi connectivity index (χ1) is 11.2. The molecule has 0 bridgehead atoms. The van der Waals surface area contributed by atoms with Crippen molar-refractivity contribution in [1.82, 2.24) is 9.80 Å². The summed E-state index contributed by atoms with van der Waals surface area (Å²) in [6.07, 6.45) is 1.73. The van der Waals surface area contributed by atoms with E-state index in [1.807, 2.05) is 28.0 Å². The molecular weight excluding hydrogens is 324 g/mol. The largest absolute Gasteiger partial charge is 0.341 e. The van der Waals surface area contributed by atoms with E-state index in [9.17, 15) is 9.59 Å². The first-order valence-corrected chi connectivity index (χ1v) is 8.92. The van der Waals surface area contributed by atoms with Gasteiger partial charge in [-0.25, -0.2) is 0 Å². The van der Waals surface area contributed by atoms with Gasteiger partial charge in [-0.05, 0) is 29.5 Å². The Balaban J connectivity index is 1.90. The molecular formula is C19H27ClN2O2. The average Bonchev–Trinajstić information content (AvgIpc) is 2.71. The Morgan fingerprint density at radius 2 is 1.67 bits per heavy atom. The van der Waals surface area contributed by atoms with E-state index in [1.54, 1.807) is 6.07 Å². The Labute approximate surface area is 149 Å². The van der Waals surface area contributed by atoms with E-state index in [0.717, 1.165) is 18.5 Å². The van der Waals surface area contributed by atoms with Gasteiger partial charge in [0, 0.05) is 37.6 Å². The molecule has 1 aliphatic rings. The van der Waals surface area contributed by atoms with Gasteiger partial charge in [0.05, 0.1) is 6.42 Å². The van der Waals surface area contributed by atoms with E-state index >= 15 is 0 Å². The number of halogens is 1. The summed E-state index contributed by atoms with van der Waals surface area (Å²) in [5, 5.41) is 0.648. The van der Waals surface area contributed by atoms with Crippen molar-refractivity contribution in [3.63, 3.8) is 0 Å². The molecule has 0 aliphatic carbocycles. The molecule has 0 saturated carbocycles. The lowest BCUT2D eigenvalue weighted by Gasteiger charge is -2.25. The second-order valence-corrected chi connectivity index (χ2v) is 8.10. The Kier molecular flexibility index (Phi) is 6.27. The van der Waals surface area contributed by atoms with Crippen molar-refractivity contribution in [2.45, 2.75) is 40.0 Å². The number of carbonyl (C=O) groups excluding carboxylic acids is 2. The Morgan fingerprint density at radius 1 is 1.04 bits per heavy atom. The van der Waals surface area contributed by atoms with E-state index in [0.29, 0.717) is 37.5 Å². The van der Waals surface area contributed by atoms with Crippen LogP contribution in [-0.2, 0) is 16.0 Å². The molecule has 2 amide bonds. The number of amides is 2. The van der Waals surface area contributed by atoms with Crippen LogP contribution in [0.2, 0.25) is 5.02 Å². The Bertz CT molecular complexity index is 595. The minimum Gasteiger partial charge on any atom is -0.341 e. The molecule has 0 N–H and O–H groups in total. The molecule has 4 nitrogen and oxygen atoms in total. The molecule has 132 valence electrons. The summed E-state index contributed by atoms with van der Waals surface area (Å²) < 4.78 is 0. The van der Waals surface area contributed by atoms with Gasteiger partial charge in [-0.15, -0.1) is 0 Å². The van der Waals surface area contributed by atoms with Crippen LogP contribution in [0.1, 0.15) is 39.2 Å². The third-order valence-corrected chi connectivity index (χ3v) is 4.36. The van der Waals surface area contributed by atoms with Gasteiger partial charge in [0.25, 0.3) is 0 Å². The van der Waals surface area contributed by atoms with E-state index < -0.39 is 0 Å². The summed E-state index contributed by atoms with van der Waals surface area (Å²) in [6, 6.07) is 7.41. The number of hydrogen-bond donors (Lipinski definition) is 0. The third kappa shape index (κ3) is 5.82. The van der Waals surface area contributed by atoms with Gasteiger partial charge < -0.3 is 9.80 Å². The zero-order valence-electron chi connectivity index (χ0n) is 14.8. The van der Waals surface area contributed by atoms with Gasteiger partial charge >= 0.3 is 0 Å². The van der Waals surface area contributed by atoms with Gasteiger partial charge in [-0.2, -0.15) is 0 Å². The van der Waals surface area contributed by atoms with Gasteiger partial charge in [0.2, 0.25) is 11.8 Å². The third-order valence-electron chi connectivity index (χ3n) is 4.13. The molecule has 1 aromatic rings. The Hall–Kier alpha value is -1.55. The van der Waals surface area contributed by atoms with Gasteiger partial charge in [0.1, 0.15) is 0 Å². The number of hydrogen-bond acceptors (Lipinski definition) is 2. The van der Waals surface area contributed by atoms with E-state index in [2.05, 4.69) is 20.8 Å². The first kappa shape index (κ1) is 18.8. The van der Waals surface area contributed by atoms with Crippen LogP contribution in [0, 0.1) is 5.41 Å². The van der Waals surface area contributed by atoms with Crippen molar-refractivity contribution in [3.05, 3.63) is 34.9 Å². The molecule has 1 fully saturated rings. The van der Waals surface area contributed by atoms with Crippen LogP contribution in [0.5, 0.6) is 0 Å². The number of nitrogens with zero attached hydrogens (tertiary/aromatic N) is 2. The summed E-state index contributed by atoms with van der Waals surface area (Å²) in [5.41, 5.74) is 0.920. The molecule has 0 spiro atoms. The molecule has 0 radical (unpaired) electrons. The lowest BCUT2D eigenvalue weighted by atomic mass is 9.91. The lowest BCUT2D eigenvalue weighted by Crippen LogP contribution is -2.38. The highest BCUT2D eigenvalue weighted by Crippen LogP contribution is 2.20. The number of benzene rings is 1. The Morgan fingerprint density at radius 3 is 2.25 bits per heavy atom. The number of rotatable bonds is 3. The fraction of sp³-hybridized carbons (Fsp3) is 0.579. The average molecular weight is 351 g/mol. The zero-order valence-corrected chi connectivity index (χ0v) is 15.6. The number of carbonyl (C=O) groups is 2. The van der Waals surface area contributed by atoms with Crippen LogP contribution in [0.4, 0.5) is 0 Å². The summed E-state index contributed by atoms with van der Waals surface area (Å²) >= 11 is 5.98. The zero-order chi connectivity index (χ0) is 17.7. The van der Waals surface area contributed by atoms with Gasteiger partial charge in [-0.1, -0.05) is 44.5 Å². The molecule has 1 saturated heterocycles. The van der Waals surface area contributed by atoms with Crippen LogP contribution in [0.3, 0.4) is 0 Å². The second kappa shape index (κ2) is 8.02. The molecule has 1 aliphatic heterocycles. The molecule has 24 heavy (non-hydrogen) atoms. The molecule has 0 unspecified atom stereocenters. The maximum Gasteiger partial charge on any atom is 0.227 e. The first-order valence-electron chi connectivity index (χ1n) is 8.54. The lowest BCUT2D eigenvalue weighted by molar-refractivity contribution is -0.134. The maximum atomic E-state index is 12.5. The monoisotopic (exact) mass is 350 g/mol. The maximum absolute atomic E-state index is 12.5. The normalized spacial score (nSPS) is 16.0. The van der Waals surface area contributed by atoms with Crippen molar-refractivity contribution in [2.24, 2.45) is 5.41 Å². The van der Waals surface area contributed by atoms with Crippen LogP contribution in [-0.4, -0.2) is 47.8 Å². The molecule has 2 rings (SSSR count). The summed E-state index contributed by atoms with van der Waals surface area (Å²) in [7, 11) is 0. The van der Waals surface area contributed by atoms with Crippen LogP contribution in [0.15, 0.2) is 24.3 Å². The minimum absolute atomic E-state index is 0.00846. The van der Waals surface area contributed by atoms with Crippen molar-refractivity contribution >= 4 is 23.4 Å². The van der Waals surface area contributed by atoms with Crippen molar-refractivity contribution in [2.75, 3.05) is 26.2 Å². The van der Waals surface area contributed by atoms with Crippen molar-refractivity contribution < 1.29 is 9.59 Å². The van der Waals surface area contributed by atoms with Crippen LogP contribution >= 0.6 is 11.6 Å². The van der Waals surface area contributed by atoms with Crippen LogP contribution < -0.4 is 0 Å². The summed E-state index contributed by atoms with van der Waals surface area (Å²) in [4.78, 5) is 28.7. The predicted octanol–water partition coefficient (Wildman–Crippen LogP) is 3.38.